The average molecular weight is 379 g/mol. The van der Waals surface area contributed by atoms with E-state index in [1.54, 1.807) is 13.2 Å². The number of nitrogens with zero attached hydrogens (tertiary/aromatic N) is 2. The van der Waals surface area contributed by atoms with Gasteiger partial charge in [-0.15, -0.1) is 5.10 Å². The number of aromatic amines is 1. The Hall–Kier alpha value is -3.43. The van der Waals surface area contributed by atoms with Crippen LogP contribution in [0.1, 0.15) is 17.0 Å². The van der Waals surface area contributed by atoms with Crippen molar-refractivity contribution in [2.75, 3.05) is 7.11 Å². The van der Waals surface area contributed by atoms with Crippen molar-refractivity contribution in [2.45, 2.75) is 5.92 Å². The van der Waals surface area contributed by atoms with Gasteiger partial charge in [0, 0.05) is 16.1 Å². The van der Waals surface area contributed by atoms with Crippen molar-refractivity contribution < 1.29 is 9.47 Å². The van der Waals surface area contributed by atoms with Crippen LogP contribution in [0, 0.1) is 11.3 Å². The highest BCUT2D eigenvalue weighted by molar-refractivity contribution is 6.33. The summed E-state index contributed by atoms with van der Waals surface area (Å²) in [6.45, 7) is 0. The Labute approximate surface area is 160 Å². The minimum absolute atomic E-state index is 0.0260. The molecule has 0 radical (unpaired) electrons. The number of H-pyrrole nitrogens is 1. The molecule has 7 heteroatoms. The fourth-order valence-corrected chi connectivity index (χ4v) is 3.56. The number of aromatic nitrogens is 2. The number of hydrogen-bond acceptors (Lipinski definition) is 5. The number of rotatable bonds is 3. The van der Waals surface area contributed by atoms with Gasteiger partial charge in [-0.05, 0) is 12.1 Å². The normalized spacial score (nSPS) is 15.7. The van der Waals surface area contributed by atoms with Gasteiger partial charge in [-0.2, -0.15) is 5.26 Å². The number of ether oxygens (including phenoxy) is 2. The van der Waals surface area contributed by atoms with Gasteiger partial charge in [0.15, 0.2) is 0 Å². The highest BCUT2D eigenvalue weighted by Crippen LogP contribution is 2.48. The van der Waals surface area contributed by atoms with Gasteiger partial charge in [-0.3, -0.25) is 5.10 Å². The summed E-state index contributed by atoms with van der Waals surface area (Å²) in [6, 6.07) is 17.1. The van der Waals surface area contributed by atoms with E-state index in [4.69, 9.17) is 26.8 Å². The van der Waals surface area contributed by atoms with E-state index in [0.717, 1.165) is 11.1 Å². The number of fused-ring (bicyclic) bond motifs is 1. The van der Waals surface area contributed by atoms with E-state index in [2.05, 4.69) is 16.3 Å². The summed E-state index contributed by atoms with van der Waals surface area (Å²) in [5.74, 6) is 0.484. The van der Waals surface area contributed by atoms with Crippen LogP contribution in [-0.4, -0.2) is 17.3 Å². The molecule has 134 valence electrons. The van der Waals surface area contributed by atoms with Gasteiger partial charge < -0.3 is 15.2 Å². The number of hydrogen-bond donors (Lipinski definition) is 2. The summed E-state index contributed by atoms with van der Waals surface area (Å²) in [5.41, 5.74) is 9.22. The fourth-order valence-electron chi connectivity index (χ4n) is 3.33. The molecule has 1 atom stereocenters. The van der Waals surface area contributed by atoms with Crippen LogP contribution in [0.25, 0.3) is 11.3 Å². The van der Waals surface area contributed by atoms with Crippen LogP contribution in [0.4, 0.5) is 0 Å². The predicted octanol–water partition coefficient (Wildman–Crippen LogP) is 3.96. The highest BCUT2D eigenvalue weighted by atomic mass is 35.5. The first-order valence-corrected chi connectivity index (χ1v) is 8.57. The number of nitrogens with two attached hydrogens (primary N) is 1. The molecule has 3 aromatic rings. The Balaban J connectivity index is 2.01. The molecule has 0 spiro atoms. The lowest BCUT2D eigenvalue weighted by molar-refractivity contribution is 0.375. The molecule has 0 unspecified atom stereocenters. The third-order valence-electron chi connectivity index (χ3n) is 4.53. The second kappa shape index (κ2) is 6.71. The van der Waals surface area contributed by atoms with Crippen LogP contribution >= 0.6 is 11.6 Å². The first-order valence-electron chi connectivity index (χ1n) is 8.19. The Bertz CT molecular complexity index is 1100. The summed E-state index contributed by atoms with van der Waals surface area (Å²) >= 11 is 6.39. The Morgan fingerprint density at radius 2 is 1.96 bits per heavy atom. The van der Waals surface area contributed by atoms with Crippen molar-refractivity contribution in [3.63, 3.8) is 0 Å². The minimum atomic E-state index is -0.500. The molecule has 27 heavy (non-hydrogen) atoms. The maximum atomic E-state index is 9.77. The van der Waals surface area contributed by atoms with Gasteiger partial charge in [0.1, 0.15) is 17.4 Å². The zero-order chi connectivity index (χ0) is 19.0. The Kier molecular flexibility index (Phi) is 4.22. The summed E-state index contributed by atoms with van der Waals surface area (Å²) in [6.07, 6.45) is 0. The monoisotopic (exact) mass is 378 g/mol. The van der Waals surface area contributed by atoms with Crippen molar-refractivity contribution in [1.82, 2.24) is 10.2 Å². The maximum absolute atomic E-state index is 9.77. The van der Waals surface area contributed by atoms with Crippen LogP contribution in [0.15, 0.2) is 60.0 Å². The molecular weight excluding hydrogens is 364 g/mol. The smallest absolute Gasteiger partial charge is 0.244 e. The molecule has 0 bridgehead atoms. The molecule has 0 fully saturated rings. The molecular formula is C20H15ClN4O2. The lowest BCUT2D eigenvalue weighted by atomic mass is 9.82. The van der Waals surface area contributed by atoms with Crippen molar-refractivity contribution >= 4 is 11.6 Å². The number of methoxy groups -OCH3 is 1. The quantitative estimate of drug-likeness (QED) is 0.719. The standard InChI is InChI=1S/C20H15ClN4O2/c1-26-15-9-5-3-7-12(15)16-13(10-22)19(23)27-20-17(16)18(24-25-20)11-6-2-4-8-14(11)21/h2-9,16H,23H2,1H3,(H,24,25)/t16-/m0/s1. The second-order valence-electron chi connectivity index (χ2n) is 5.96. The number of para-hydroxylation sites is 1. The van der Waals surface area contributed by atoms with E-state index in [9.17, 15) is 5.26 Å². The lowest BCUT2D eigenvalue weighted by Gasteiger charge is -2.25. The van der Waals surface area contributed by atoms with Gasteiger partial charge in [-0.1, -0.05) is 48.0 Å². The molecule has 0 saturated heterocycles. The highest BCUT2D eigenvalue weighted by Gasteiger charge is 2.37. The second-order valence-corrected chi connectivity index (χ2v) is 6.37. The molecule has 0 aliphatic carbocycles. The van der Waals surface area contributed by atoms with E-state index >= 15 is 0 Å². The first kappa shape index (κ1) is 17.0. The van der Waals surface area contributed by atoms with E-state index in [1.807, 2.05) is 42.5 Å². The molecule has 4 rings (SSSR count). The van der Waals surface area contributed by atoms with Gasteiger partial charge in [0.2, 0.25) is 11.8 Å². The molecule has 1 aromatic heterocycles. The molecule has 3 N–H and O–H groups in total. The number of halogens is 1. The SMILES string of the molecule is COc1ccccc1[C@H]1C(C#N)=C(N)Oc2n[nH]c(-c3ccccc3Cl)c21. The van der Waals surface area contributed by atoms with E-state index in [-0.39, 0.29) is 5.88 Å². The van der Waals surface area contributed by atoms with Crippen LogP contribution in [0.2, 0.25) is 5.02 Å². The first-order chi connectivity index (χ1) is 13.2. The largest absolute Gasteiger partial charge is 0.496 e. The molecule has 1 aliphatic heterocycles. The van der Waals surface area contributed by atoms with Gasteiger partial charge in [-0.25, -0.2) is 0 Å². The van der Waals surface area contributed by atoms with Crippen LogP contribution in [0.3, 0.4) is 0 Å². The van der Waals surface area contributed by atoms with E-state index < -0.39 is 5.92 Å². The molecule has 0 saturated carbocycles. The molecule has 0 amide bonds. The summed E-state index contributed by atoms with van der Waals surface area (Å²) < 4.78 is 11.1. The lowest BCUT2D eigenvalue weighted by Crippen LogP contribution is -2.21. The zero-order valence-electron chi connectivity index (χ0n) is 14.4. The van der Waals surface area contributed by atoms with Crippen molar-refractivity contribution in [3.05, 3.63) is 76.1 Å². The van der Waals surface area contributed by atoms with E-state index in [0.29, 0.717) is 33.5 Å². The maximum Gasteiger partial charge on any atom is 0.244 e. The average Bonchev–Trinajstić information content (AvgIpc) is 3.10. The fraction of sp³-hybridized carbons (Fsp3) is 0.100. The van der Waals surface area contributed by atoms with Crippen LogP contribution in [-0.2, 0) is 0 Å². The number of nitrogens with one attached hydrogen (secondary N) is 1. The van der Waals surface area contributed by atoms with Gasteiger partial charge in [0.25, 0.3) is 0 Å². The van der Waals surface area contributed by atoms with Crippen molar-refractivity contribution in [1.29, 1.82) is 5.26 Å². The van der Waals surface area contributed by atoms with Crippen molar-refractivity contribution in [3.8, 4) is 29.0 Å². The number of allylic oxidation sites excluding steroid dienone is 1. The van der Waals surface area contributed by atoms with Gasteiger partial charge in [0.05, 0.1) is 24.3 Å². The zero-order valence-corrected chi connectivity index (χ0v) is 15.1. The van der Waals surface area contributed by atoms with E-state index in [1.165, 1.54) is 0 Å². The summed E-state index contributed by atoms with van der Waals surface area (Å²) in [4.78, 5) is 0. The molecule has 2 aromatic carbocycles. The number of nitriles is 1. The topological polar surface area (TPSA) is 96.9 Å². The Morgan fingerprint density at radius 3 is 2.70 bits per heavy atom. The summed E-state index contributed by atoms with van der Waals surface area (Å²) in [5, 5.41) is 17.6. The molecule has 1 aliphatic rings. The third-order valence-corrected chi connectivity index (χ3v) is 4.86. The predicted molar refractivity (Wildman–Crippen MR) is 101 cm³/mol. The third kappa shape index (κ3) is 2.69. The summed E-state index contributed by atoms with van der Waals surface area (Å²) in [7, 11) is 1.59. The van der Waals surface area contributed by atoms with Crippen LogP contribution in [0.5, 0.6) is 11.6 Å². The molecule has 2 heterocycles. The van der Waals surface area contributed by atoms with Crippen LogP contribution < -0.4 is 15.2 Å². The number of benzene rings is 2. The minimum Gasteiger partial charge on any atom is -0.496 e. The Morgan fingerprint density at radius 1 is 1.22 bits per heavy atom. The molecule has 6 nitrogen and oxygen atoms in total. The van der Waals surface area contributed by atoms with Gasteiger partial charge >= 0.3 is 0 Å². The van der Waals surface area contributed by atoms with Crippen molar-refractivity contribution in [2.24, 2.45) is 5.73 Å².